The van der Waals surface area contributed by atoms with Crippen LogP contribution in [0.4, 0.5) is 0 Å². The Morgan fingerprint density at radius 3 is 0.955 bits per heavy atom. The van der Waals surface area contributed by atoms with Gasteiger partial charge in [-0.05, 0) is 201 Å². The van der Waals surface area contributed by atoms with Gasteiger partial charge in [0.05, 0.1) is 0 Å². The lowest BCUT2D eigenvalue weighted by Gasteiger charge is -2.09. The lowest BCUT2D eigenvalue weighted by Crippen LogP contribution is -2.31. The SMILES string of the molecule is Cc1cc(C)c(-c2cccc[n+]2C)cc1C.Cc1cc(C)c(C)c(-c2ccc(C)c[n+]2C)c1.Cc1cc(C)c(C)c(-c2cccc[n+]2C)c1.Cc1ccc(-c2cc(C)c(C)cc2C)[n+](C)c1. The second kappa shape index (κ2) is 22.1. The van der Waals surface area contributed by atoms with Crippen LogP contribution in [0.1, 0.15) is 77.9 Å². The lowest BCUT2D eigenvalue weighted by molar-refractivity contribution is -0.660. The Bertz CT molecular complexity index is 3010. The molecule has 0 saturated heterocycles. The maximum Gasteiger partial charge on any atom is 0.212 e. The quantitative estimate of drug-likeness (QED) is 0.157. The minimum absolute atomic E-state index is 1.27. The van der Waals surface area contributed by atoms with Crippen molar-refractivity contribution in [3.8, 4) is 45.0 Å². The van der Waals surface area contributed by atoms with Crippen molar-refractivity contribution in [2.24, 2.45) is 28.2 Å². The molecule has 8 rings (SSSR count). The summed E-state index contributed by atoms with van der Waals surface area (Å²) < 4.78 is 8.74. The van der Waals surface area contributed by atoms with Crippen molar-refractivity contribution in [1.82, 2.24) is 0 Å². The van der Waals surface area contributed by atoms with Crippen molar-refractivity contribution < 1.29 is 18.3 Å². The fraction of sp³-hybridized carbons (Fsp3) is 0.290. The van der Waals surface area contributed by atoms with Crippen LogP contribution >= 0.6 is 0 Å². The number of aryl methyl sites for hydroxylation is 16. The summed E-state index contributed by atoms with van der Waals surface area (Å²) in [6.45, 7) is 30.3. The summed E-state index contributed by atoms with van der Waals surface area (Å²) in [6, 6.07) is 39.5. The van der Waals surface area contributed by atoms with Gasteiger partial charge in [-0.3, -0.25) is 0 Å². The molecule has 4 heterocycles. The number of nitrogens with zero attached hydrogens (tertiary/aromatic N) is 4. The van der Waals surface area contributed by atoms with Crippen LogP contribution in [0.2, 0.25) is 0 Å². The lowest BCUT2D eigenvalue weighted by atomic mass is 9.97. The molecule has 0 aliphatic carbocycles. The Kier molecular flexibility index (Phi) is 16.9. The maximum absolute atomic E-state index is 2.29. The fourth-order valence-corrected chi connectivity index (χ4v) is 8.74. The highest BCUT2D eigenvalue weighted by Crippen LogP contribution is 2.27. The Balaban J connectivity index is 0.000000165. The van der Waals surface area contributed by atoms with Gasteiger partial charge < -0.3 is 0 Å². The van der Waals surface area contributed by atoms with E-state index in [0.717, 1.165) is 0 Å². The molecule has 0 fully saturated rings. The number of pyridine rings is 4. The van der Waals surface area contributed by atoms with E-state index in [1.165, 1.54) is 123 Å². The van der Waals surface area contributed by atoms with E-state index in [0.29, 0.717) is 0 Å². The van der Waals surface area contributed by atoms with Gasteiger partial charge >= 0.3 is 0 Å². The Hall–Kier alpha value is -6.52. The summed E-state index contributed by atoms with van der Waals surface area (Å²) in [6.07, 6.45) is 8.52. The largest absolute Gasteiger partial charge is 0.212 e. The first-order valence-corrected chi connectivity index (χ1v) is 23.3. The minimum Gasteiger partial charge on any atom is -0.201 e. The van der Waals surface area contributed by atoms with Gasteiger partial charge in [-0.1, -0.05) is 35.4 Å². The van der Waals surface area contributed by atoms with Gasteiger partial charge in [-0.2, -0.15) is 0 Å². The monoisotopic (exact) mass is 877 g/mol. The van der Waals surface area contributed by atoms with Crippen molar-refractivity contribution >= 4 is 0 Å². The molecule has 4 heteroatoms. The molecular formula is C62H76N4+4. The van der Waals surface area contributed by atoms with Crippen LogP contribution in [-0.4, -0.2) is 0 Å². The first-order chi connectivity index (χ1) is 31.2. The van der Waals surface area contributed by atoms with Crippen molar-refractivity contribution in [1.29, 1.82) is 0 Å². The topological polar surface area (TPSA) is 15.5 Å². The molecule has 0 spiro atoms. The molecule has 340 valence electrons. The highest BCUT2D eigenvalue weighted by Gasteiger charge is 2.17. The van der Waals surface area contributed by atoms with E-state index in [1.807, 2.05) is 0 Å². The first-order valence-electron chi connectivity index (χ1n) is 23.3. The van der Waals surface area contributed by atoms with Gasteiger partial charge in [-0.15, -0.1) is 0 Å². The molecule has 0 aliphatic rings. The number of rotatable bonds is 4. The highest BCUT2D eigenvalue weighted by atomic mass is 14.9. The Morgan fingerprint density at radius 1 is 0.258 bits per heavy atom. The predicted molar refractivity (Wildman–Crippen MR) is 279 cm³/mol. The number of benzene rings is 4. The van der Waals surface area contributed by atoms with Crippen molar-refractivity contribution in [2.75, 3.05) is 0 Å². The van der Waals surface area contributed by atoms with Gasteiger partial charge in [-0.25, -0.2) is 18.3 Å². The van der Waals surface area contributed by atoms with Crippen LogP contribution in [0.3, 0.4) is 0 Å². The molecule has 0 amide bonds. The van der Waals surface area contributed by atoms with Crippen LogP contribution in [0.5, 0.6) is 0 Å². The van der Waals surface area contributed by atoms with E-state index in [-0.39, 0.29) is 0 Å². The van der Waals surface area contributed by atoms with Gasteiger partial charge in [0.25, 0.3) is 0 Å². The van der Waals surface area contributed by atoms with Crippen LogP contribution in [0.15, 0.2) is 134 Å². The predicted octanol–water partition coefficient (Wildman–Crippen LogP) is 13.0. The smallest absolute Gasteiger partial charge is 0.201 e. The van der Waals surface area contributed by atoms with E-state index in [9.17, 15) is 0 Å². The average Bonchev–Trinajstić information content (AvgIpc) is 3.25. The molecule has 0 saturated carbocycles. The summed E-state index contributed by atoms with van der Waals surface area (Å²) in [5.41, 5.74) is 29.2. The van der Waals surface area contributed by atoms with Crippen molar-refractivity contribution in [3.63, 3.8) is 0 Å². The molecule has 0 unspecified atom stereocenters. The van der Waals surface area contributed by atoms with Gasteiger partial charge in [0, 0.05) is 69.8 Å². The Labute approximate surface area is 398 Å². The number of hydrogen-bond donors (Lipinski definition) is 0. The third kappa shape index (κ3) is 12.4. The summed E-state index contributed by atoms with van der Waals surface area (Å²) in [5, 5.41) is 0. The summed E-state index contributed by atoms with van der Waals surface area (Å²) in [5.74, 6) is 0. The van der Waals surface area contributed by atoms with Crippen LogP contribution in [0, 0.1) is 96.9 Å². The third-order valence-electron chi connectivity index (χ3n) is 13.1. The summed E-state index contributed by atoms with van der Waals surface area (Å²) in [7, 11) is 8.40. The maximum atomic E-state index is 2.29. The molecular weight excluding hydrogens is 801 g/mol. The van der Waals surface area contributed by atoms with Gasteiger partial charge in [0.1, 0.15) is 28.2 Å². The van der Waals surface area contributed by atoms with E-state index < -0.39 is 0 Å². The molecule has 0 N–H and O–H groups in total. The third-order valence-corrected chi connectivity index (χ3v) is 13.1. The van der Waals surface area contributed by atoms with E-state index in [4.69, 9.17) is 0 Å². The standard InChI is InChI=1S/2C16H20N.2C15H18N/c1-11-6-7-16(17(5)10-11)15-9-13(3)12(2)8-14(15)4;1-11-6-7-16(17(5)10-11)15-9-12(2)8-13(3)14(15)4;1-11-9-13(3)14(10-12(11)2)15-7-5-6-8-16(15)4;1-11-9-12(2)13(3)14(10-11)15-7-5-6-8-16(15)4/h2*6-10H,1-5H3;2*5-10H,1-4H3/q4*+1. The van der Waals surface area contributed by atoms with Crippen molar-refractivity contribution in [3.05, 3.63) is 212 Å². The van der Waals surface area contributed by atoms with Crippen LogP contribution < -0.4 is 18.3 Å². The first kappa shape index (κ1) is 50.5. The zero-order valence-electron chi connectivity index (χ0n) is 43.5. The van der Waals surface area contributed by atoms with Crippen LogP contribution in [0.25, 0.3) is 45.0 Å². The highest BCUT2D eigenvalue weighted by molar-refractivity contribution is 5.66. The average molecular weight is 877 g/mol. The van der Waals surface area contributed by atoms with E-state index >= 15 is 0 Å². The molecule has 0 radical (unpaired) electrons. The molecule has 0 atom stereocenters. The van der Waals surface area contributed by atoms with E-state index in [2.05, 4.69) is 277 Å². The molecule has 4 nitrogen and oxygen atoms in total. The second-order valence-electron chi connectivity index (χ2n) is 18.8. The molecule has 8 aromatic rings. The van der Waals surface area contributed by atoms with Crippen LogP contribution in [-0.2, 0) is 28.2 Å². The van der Waals surface area contributed by atoms with E-state index in [1.54, 1.807) is 0 Å². The van der Waals surface area contributed by atoms with Gasteiger partial charge in [0.15, 0.2) is 24.8 Å². The number of hydrogen-bond acceptors (Lipinski definition) is 0. The molecule has 66 heavy (non-hydrogen) atoms. The molecule has 4 aromatic carbocycles. The zero-order valence-corrected chi connectivity index (χ0v) is 43.5. The zero-order chi connectivity index (χ0) is 48.6. The normalized spacial score (nSPS) is 10.6. The summed E-state index contributed by atoms with van der Waals surface area (Å²) in [4.78, 5) is 0. The molecule has 0 aliphatic heterocycles. The van der Waals surface area contributed by atoms with Gasteiger partial charge in [0.2, 0.25) is 22.8 Å². The van der Waals surface area contributed by atoms with Crippen molar-refractivity contribution in [2.45, 2.75) is 96.9 Å². The minimum atomic E-state index is 1.27. The fourth-order valence-electron chi connectivity index (χ4n) is 8.74. The summed E-state index contributed by atoms with van der Waals surface area (Å²) >= 11 is 0. The Morgan fingerprint density at radius 2 is 0.591 bits per heavy atom. The second-order valence-corrected chi connectivity index (χ2v) is 18.8. The number of aromatic nitrogens is 4. The molecule has 0 bridgehead atoms. The molecule has 4 aromatic heterocycles.